The van der Waals surface area contributed by atoms with Gasteiger partial charge in [-0.15, -0.1) is 6.42 Å². The molecule has 0 radical (unpaired) electrons. The highest BCUT2D eigenvalue weighted by atomic mass is 127. The maximum Gasteiger partial charge on any atom is 0.141 e. The molecule has 3 nitrogen and oxygen atoms in total. The van der Waals surface area contributed by atoms with Crippen molar-refractivity contribution < 1.29 is 0 Å². The average Bonchev–Trinajstić information content (AvgIpc) is 2.52. The van der Waals surface area contributed by atoms with Gasteiger partial charge >= 0.3 is 0 Å². The van der Waals surface area contributed by atoms with Crippen LogP contribution in [0.5, 0.6) is 0 Å². The SMILES string of the molecule is C#Cc1cccc(Nc2ncnc3c(I)c(C)ccc23)c1. The summed E-state index contributed by atoms with van der Waals surface area (Å²) < 4.78 is 1.15. The maximum absolute atomic E-state index is 5.43. The molecule has 21 heavy (non-hydrogen) atoms. The molecule has 0 bridgehead atoms. The van der Waals surface area contributed by atoms with Crippen molar-refractivity contribution in [3.05, 3.63) is 57.4 Å². The number of nitrogens with one attached hydrogen (secondary N) is 1. The van der Waals surface area contributed by atoms with Crippen molar-refractivity contribution in [2.24, 2.45) is 0 Å². The molecule has 1 N–H and O–H groups in total. The molecule has 0 amide bonds. The molecular formula is C17H12IN3. The number of terminal acetylenes is 1. The third-order valence-corrected chi connectivity index (χ3v) is 4.59. The summed E-state index contributed by atoms with van der Waals surface area (Å²) in [5.41, 5.74) is 3.92. The van der Waals surface area contributed by atoms with Crippen molar-refractivity contribution in [1.29, 1.82) is 0 Å². The molecular weight excluding hydrogens is 373 g/mol. The fraction of sp³-hybridized carbons (Fsp3) is 0.0588. The Balaban J connectivity index is 2.09. The van der Waals surface area contributed by atoms with Crippen molar-refractivity contribution in [3.8, 4) is 12.3 Å². The van der Waals surface area contributed by atoms with E-state index >= 15 is 0 Å². The van der Waals surface area contributed by atoms with Crippen molar-refractivity contribution in [2.45, 2.75) is 6.92 Å². The van der Waals surface area contributed by atoms with E-state index in [1.165, 1.54) is 5.56 Å². The van der Waals surface area contributed by atoms with Gasteiger partial charge in [0.25, 0.3) is 0 Å². The second-order valence-corrected chi connectivity index (χ2v) is 5.74. The van der Waals surface area contributed by atoms with Gasteiger partial charge in [-0.1, -0.05) is 18.1 Å². The van der Waals surface area contributed by atoms with Crippen LogP contribution in [0.2, 0.25) is 0 Å². The molecule has 0 unspecified atom stereocenters. The number of anilines is 2. The summed E-state index contributed by atoms with van der Waals surface area (Å²) in [5, 5.41) is 4.32. The lowest BCUT2D eigenvalue weighted by atomic mass is 10.1. The number of hydrogen-bond donors (Lipinski definition) is 1. The van der Waals surface area contributed by atoms with Crippen LogP contribution in [0.15, 0.2) is 42.7 Å². The average molecular weight is 385 g/mol. The zero-order valence-corrected chi connectivity index (χ0v) is 13.5. The van der Waals surface area contributed by atoms with Gasteiger partial charge in [-0.25, -0.2) is 9.97 Å². The molecule has 0 aliphatic heterocycles. The molecule has 0 saturated carbocycles. The number of aryl methyl sites for hydroxylation is 1. The number of rotatable bonds is 2. The molecule has 3 aromatic rings. The molecule has 3 rings (SSSR count). The lowest BCUT2D eigenvalue weighted by Crippen LogP contribution is -1.98. The van der Waals surface area contributed by atoms with E-state index in [9.17, 15) is 0 Å². The topological polar surface area (TPSA) is 37.8 Å². The highest BCUT2D eigenvalue weighted by Crippen LogP contribution is 2.28. The van der Waals surface area contributed by atoms with Gasteiger partial charge < -0.3 is 5.32 Å². The van der Waals surface area contributed by atoms with E-state index in [0.717, 1.165) is 31.5 Å². The molecule has 1 heterocycles. The molecule has 1 aromatic heterocycles. The highest BCUT2D eigenvalue weighted by Gasteiger charge is 2.08. The Morgan fingerprint density at radius 1 is 1.19 bits per heavy atom. The lowest BCUT2D eigenvalue weighted by molar-refractivity contribution is 1.21. The van der Waals surface area contributed by atoms with Crippen molar-refractivity contribution in [1.82, 2.24) is 9.97 Å². The summed E-state index contributed by atoms with van der Waals surface area (Å²) in [5.74, 6) is 3.42. The Bertz CT molecular complexity index is 866. The summed E-state index contributed by atoms with van der Waals surface area (Å²) in [6.07, 6.45) is 7.02. The number of hydrogen-bond acceptors (Lipinski definition) is 3. The third kappa shape index (κ3) is 2.69. The molecule has 0 aliphatic rings. The van der Waals surface area contributed by atoms with Crippen LogP contribution in [-0.4, -0.2) is 9.97 Å². The van der Waals surface area contributed by atoms with E-state index in [1.54, 1.807) is 6.33 Å². The number of aromatic nitrogens is 2. The molecule has 0 saturated heterocycles. The summed E-state index contributed by atoms with van der Waals surface area (Å²) in [6.45, 7) is 2.08. The summed E-state index contributed by atoms with van der Waals surface area (Å²) >= 11 is 2.32. The van der Waals surface area contributed by atoms with E-state index < -0.39 is 0 Å². The predicted molar refractivity (Wildman–Crippen MR) is 94.7 cm³/mol. The first kappa shape index (κ1) is 13.8. The van der Waals surface area contributed by atoms with Crippen LogP contribution in [0.4, 0.5) is 11.5 Å². The quantitative estimate of drug-likeness (QED) is 0.529. The number of nitrogens with zero attached hydrogens (tertiary/aromatic N) is 2. The van der Waals surface area contributed by atoms with Gasteiger partial charge in [0.15, 0.2) is 0 Å². The first-order chi connectivity index (χ1) is 10.2. The Kier molecular flexibility index (Phi) is 3.76. The number of fused-ring (bicyclic) bond motifs is 1. The lowest BCUT2D eigenvalue weighted by Gasteiger charge is -2.10. The summed E-state index contributed by atoms with van der Waals surface area (Å²) in [6, 6.07) is 11.8. The van der Waals surface area contributed by atoms with Crippen LogP contribution >= 0.6 is 22.6 Å². The van der Waals surface area contributed by atoms with Gasteiger partial charge in [-0.05, 0) is 59.3 Å². The first-order valence-electron chi connectivity index (χ1n) is 6.42. The van der Waals surface area contributed by atoms with E-state index in [2.05, 4.69) is 56.8 Å². The zero-order valence-electron chi connectivity index (χ0n) is 11.4. The minimum absolute atomic E-state index is 0.784. The predicted octanol–water partition coefficient (Wildman–Crippen LogP) is 4.27. The third-order valence-electron chi connectivity index (χ3n) is 3.23. The van der Waals surface area contributed by atoms with Crippen LogP contribution in [0.25, 0.3) is 10.9 Å². The normalized spacial score (nSPS) is 10.3. The second kappa shape index (κ2) is 5.70. The van der Waals surface area contributed by atoms with Crippen LogP contribution in [0, 0.1) is 22.8 Å². The van der Waals surface area contributed by atoms with Gasteiger partial charge in [-0.3, -0.25) is 0 Å². The highest BCUT2D eigenvalue weighted by molar-refractivity contribution is 14.1. The smallest absolute Gasteiger partial charge is 0.141 e. The number of benzene rings is 2. The molecule has 102 valence electrons. The summed E-state index contributed by atoms with van der Waals surface area (Å²) in [4.78, 5) is 8.74. The van der Waals surface area contributed by atoms with E-state index in [4.69, 9.17) is 6.42 Å². The van der Waals surface area contributed by atoms with Gasteiger partial charge in [0.05, 0.1) is 5.52 Å². The first-order valence-corrected chi connectivity index (χ1v) is 7.50. The van der Waals surface area contributed by atoms with Gasteiger partial charge in [-0.2, -0.15) is 0 Å². The molecule has 0 atom stereocenters. The minimum Gasteiger partial charge on any atom is -0.340 e. The minimum atomic E-state index is 0.784. The maximum atomic E-state index is 5.43. The van der Waals surface area contributed by atoms with E-state index in [1.807, 2.05) is 30.3 Å². The Hall–Kier alpha value is -2.13. The van der Waals surface area contributed by atoms with Crippen LogP contribution in [-0.2, 0) is 0 Å². The fourth-order valence-electron chi connectivity index (χ4n) is 2.12. The monoisotopic (exact) mass is 385 g/mol. The van der Waals surface area contributed by atoms with Gasteiger partial charge in [0.2, 0.25) is 0 Å². The second-order valence-electron chi connectivity index (χ2n) is 4.67. The van der Waals surface area contributed by atoms with Gasteiger partial charge in [0, 0.05) is 20.2 Å². The van der Waals surface area contributed by atoms with Gasteiger partial charge in [0.1, 0.15) is 12.1 Å². The molecule has 2 aromatic carbocycles. The Labute approximate surface area is 137 Å². The Morgan fingerprint density at radius 3 is 2.86 bits per heavy atom. The molecule has 0 aliphatic carbocycles. The summed E-state index contributed by atoms with van der Waals surface area (Å²) in [7, 11) is 0. The molecule has 0 spiro atoms. The van der Waals surface area contributed by atoms with Crippen molar-refractivity contribution in [3.63, 3.8) is 0 Å². The van der Waals surface area contributed by atoms with Crippen LogP contribution < -0.4 is 5.32 Å². The van der Waals surface area contributed by atoms with E-state index in [0.29, 0.717) is 0 Å². The largest absolute Gasteiger partial charge is 0.340 e. The Morgan fingerprint density at radius 2 is 2.05 bits per heavy atom. The standard InChI is InChI=1S/C17H12IN3/c1-3-12-5-4-6-13(9-12)21-17-14-8-7-11(2)15(18)16(14)19-10-20-17/h1,4-10H,2H3,(H,19,20,21). The van der Waals surface area contributed by atoms with Crippen molar-refractivity contribution >= 4 is 45.0 Å². The fourth-order valence-corrected chi connectivity index (χ4v) is 2.73. The van der Waals surface area contributed by atoms with Crippen LogP contribution in [0.1, 0.15) is 11.1 Å². The van der Waals surface area contributed by atoms with E-state index in [-0.39, 0.29) is 0 Å². The number of halogens is 1. The van der Waals surface area contributed by atoms with Crippen LogP contribution in [0.3, 0.4) is 0 Å². The van der Waals surface area contributed by atoms with Crippen molar-refractivity contribution in [2.75, 3.05) is 5.32 Å². The molecule has 0 fully saturated rings. The zero-order chi connectivity index (χ0) is 14.8. The molecule has 4 heteroatoms.